The van der Waals surface area contributed by atoms with Crippen molar-refractivity contribution in [3.05, 3.63) is 59.2 Å². The van der Waals surface area contributed by atoms with Crippen LogP contribution in [0.5, 0.6) is 0 Å². The second-order valence-electron chi connectivity index (χ2n) is 5.47. The SMILES string of the molecule is CNC(C)c1ccc(-c2ccc3c(c2)CCC3)cc1. The molecular formula is C18H21N. The third-order valence-corrected chi connectivity index (χ3v) is 4.28. The quantitative estimate of drug-likeness (QED) is 0.865. The standard InChI is InChI=1S/C18H21N/c1-13(19-2)14-6-8-16(9-7-14)18-11-10-15-4-3-5-17(15)12-18/h6-13,19H,3-5H2,1-2H3. The highest BCUT2D eigenvalue weighted by molar-refractivity contribution is 5.65. The molecule has 0 spiro atoms. The number of fused-ring (bicyclic) bond motifs is 1. The van der Waals surface area contributed by atoms with Gasteiger partial charge in [0.15, 0.2) is 0 Å². The van der Waals surface area contributed by atoms with Crippen LogP contribution in [0.2, 0.25) is 0 Å². The summed E-state index contributed by atoms with van der Waals surface area (Å²) in [5.74, 6) is 0. The number of rotatable bonds is 3. The average Bonchev–Trinajstić information content (AvgIpc) is 2.94. The first-order chi connectivity index (χ1) is 9.28. The molecule has 0 saturated heterocycles. The Bertz CT molecular complexity index is 569. The zero-order valence-electron chi connectivity index (χ0n) is 11.7. The summed E-state index contributed by atoms with van der Waals surface area (Å²) in [7, 11) is 2.00. The van der Waals surface area contributed by atoms with Crippen LogP contribution in [-0.4, -0.2) is 7.05 Å². The van der Waals surface area contributed by atoms with Crippen LogP contribution in [0.4, 0.5) is 0 Å². The van der Waals surface area contributed by atoms with Crippen molar-refractivity contribution < 1.29 is 0 Å². The summed E-state index contributed by atoms with van der Waals surface area (Å²) in [6, 6.07) is 16.3. The molecule has 3 rings (SSSR count). The largest absolute Gasteiger partial charge is 0.313 e. The minimum atomic E-state index is 0.411. The molecule has 0 aliphatic heterocycles. The first-order valence-electron chi connectivity index (χ1n) is 7.17. The minimum Gasteiger partial charge on any atom is -0.313 e. The molecule has 19 heavy (non-hydrogen) atoms. The molecule has 2 aromatic carbocycles. The predicted molar refractivity (Wildman–Crippen MR) is 81.4 cm³/mol. The maximum atomic E-state index is 3.27. The third-order valence-electron chi connectivity index (χ3n) is 4.28. The first-order valence-corrected chi connectivity index (χ1v) is 7.17. The number of hydrogen-bond donors (Lipinski definition) is 1. The van der Waals surface area contributed by atoms with Crippen LogP contribution in [0.25, 0.3) is 11.1 Å². The van der Waals surface area contributed by atoms with Crippen LogP contribution in [0.15, 0.2) is 42.5 Å². The van der Waals surface area contributed by atoms with E-state index in [-0.39, 0.29) is 0 Å². The van der Waals surface area contributed by atoms with Gasteiger partial charge in [0.05, 0.1) is 0 Å². The number of aryl methyl sites for hydroxylation is 2. The lowest BCUT2D eigenvalue weighted by molar-refractivity contribution is 0.652. The monoisotopic (exact) mass is 251 g/mol. The zero-order chi connectivity index (χ0) is 13.2. The van der Waals surface area contributed by atoms with Gasteiger partial charge in [-0.25, -0.2) is 0 Å². The van der Waals surface area contributed by atoms with Gasteiger partial charge in [-0.1, -0.05) is 42.5 Å². The highest BCUT2D eigenvalue weighted by Crippen LogP contribution is 2.28. The lowest BCUT2D eigenvalue weighted by atomic mass is 9.98. The number of hydrogen-bond acceptors (Lipinski definition) is 1. The fourth-order valence-electron chi connectivity index (χ4n) is 2.88. The predicted octanol–water partition coefficient (Wildman–Crippen LogP) is 4.12. The van der Waals surface area contributed by atoms with Crippen molar-refractivity contribution in [2.75, 3.05) is 7.05 Å². The van der Waals surface area contributed by atoms with Gasteiger partial charge in [-0.15, -0.1) is 0 Å². The van der Waals surface area contributed by atoms with Gasteiger partial charge in [-0.05, 0) is 61.1 Å². The Balaban J connectivity index is 1.90. The lowest BCUT2D eigenvalue weighted by Crippen LogP contribution is -2.11. The second-order valence-corrected chi connectivity index (χ2v) is 5.47. The summed E-state index contributed by atoms with van der Waals surface area (Å²) < 4.78 is 0. The maximum Gasteiger partial charge on any atom is 0.0289 e. The van der Waals surface area contributed by atoms with Crippen molar-refractivity contribution in [1.29, 1.82) is 0 Å². The average molecular weight is 251 g/mol. The molecule has 0 aromatic heterocycles. The molecule has 1 aliphatic rings. The summed E-state index contributed by atoms with van der Waals surface area (Å²) in [6.07, 6.45) is 3.82. The van der Waals surface area contributed by atoms with Crippen molar-refractivity contribution in [2.24, 2.45) is 0 Å². The molecule has 0 radical (unpaired) electrons. The van der Waals surface area contributed by atoms with E-state index < -0.39 is 0 Å². The molecule has 1 unspecified atom stereocenters. The van der Waals surface area contributed by atoms with Gasteiger partial charge in [0.1, 0.15) is 0 Å². The molecule has 0 heterocycles. The zero-order valence-corrected chi connectivity index (χ0v) is 11.7. The van der Waals surface area contributed by atoms with Gasteiger partial charge in [0.2, 0.25) is 0 Å². The van der Waals surface area contributed by atoms with E-state index in [1.54, 1.807) is 11.1 Å². The van der Waals surface area contributed by atoms with Gasteiger partial charge in [-0.2, -0.15) is 0 Å². The molecule has 98 valence electrons. The van der Waals surface area contributed by atoms with Gasteiger partial charge < -0.3 is 5.32 Å². The Labute approximate surface area is 115 Å². The fourth-order valence-corrected chi connectivity index (χ4v) is 2.88. The highest BCUT2D eigenvalue weighted by atomic mass is 14.8. The van der Waals surface area contributed by atoms with Gasteiger partial charge in [-0.3, -0.25) is 0 Å². The molecule has 1 nitrogen and oxygen atoms in total. The number of nitrogens with one attached hydrogen (secondary N) is 1. The van der Waals surface area contributed by atoms with Gasteiger partial charge in [0, 0.05) is 6.04 Å². The first kappa shape index (κ1) is 12.4. The topological polar surface area (TPSA) is 12.0 Å². The lowest BCUT2D eigenvalue weighted by Gasteiger charge is -2.11. The van der Waals surface area contributed by atoms with Gasteiger partial charge in [0.25, 0.3) is 0 Å². The molecule has 1 aliphatic carbocycles. The molecule has 2 aromatic rings. The summed E-state index contributed by atoms with van der Waals surface area (Å²) in [5, 5.41) is 3.27. The van der Waals surface area contributed by atoms with Crippen LogP contribution in [-0.2, 0) is 12.8 Å². The van der Waals surface area contributed by atoms with Crippen molar-refractivity contribution in [2.45, 2.75) is 32.2 Å². The summed E-state index contributed by atoms with van der Waals surface area (Å²) in [5.41, 5.74) is 7.10. The fraction of sp³-hybridized carbons (Fsp3) is 0.333. The molecule has 1 heteroatoms. The van der Waals surface area contributed by atoms with E-state index in [0.717, 1.165) is 0 Å². The minimum absolute atomic E-state index is 0.411. The number of benzene rings is 2. The normalized spacial score (nSPS) is 15.3. The highest BCUT2D eigenvalue weighted by Gasteiger charge is 2.11. The Morgan fingerprint density at radius 3 is 2.32 bits per heavy atom. The Morgan fingerprint density at radius 1 is 0.895 bits per heavy atom. The Hall–Kier alpha value is -1.60. The van der Waals surface area contributed by atoms with Crippen LogP contribution in [0, 0.1) is 0 Å². The Kier molecular flexibility index (Phi) is 3.39. The molecule has 0 bridgehead atoms. The van der Waals surface area contributed by atoms with Crippen LogP contribution >= 0.6 is 0 Å². The maximum absolute atomic E-state index is 3.27. The van der Waals surface area contributed by atoms with Crippen LogP contribution < -0.4 is 5.32 Å². The van der Waals surface area contributed by atoms with Crippen molar-refractivity contribution in [3.8, 4) is 11.1 Å². The van der Waals surface area contributed by atoms with Crippen molar-refractivity contribution in [3.63, 3.8) is 0 Å². The van der Waals surface area contributed by atoms with Gasteiger partial charge >= 0.3 is 0 Å². The molecule has 1 N–H and O–H groups in total. The van der Waals surface area contributed by atoms with E-state index in [0.29, 0.717) is 6.04 Å². The van der Waals surface area contributed by atoms with E-state index in [9.17, 15) is 0 Å². The molecule has 0 fully saturated rings. The summed E-state index contributed by atoms with van der Waals surface area (Å²) in [4.78, 5) is 0. The van der Waals surface area contributed by atoms with E-state index in [1.807, 2.05) is 7.05 Å². The van der Waals surface area contributed by atoms with Crippen LogP contribution in [0.3, 0.4) is 0 Å². The summed E-state index contributed by atoms with van der Waals surface area (Å²) >= 11 is 0. The second kappa shape index (κ2) is 5.18. The van der Waals surface area contributed by atoms with E-state index in [2.05, 4.69) is 54.7 Å². The van der Waals surface area contributed by atoms with Crippen molar-refractivity contribution >= 4 is 0 Å². The third kappa shape index (κ3) is 2.43. The van der Waals surface area contributed by atoms with E-state index in [4.69, 9.17) is 0 Å². The van der Waals surface area contributed by atoms with E-state index in [1.165, 1.54) is 36.0 Å². The van der Waals surface area contributed by atoms with Crippen molar-refractivity contribution in [1.82, 2.24) is 5.32 Å². The summed E-state index contributed by atoms with van der Waals surface area (Å²) in [6.45, 7) is 2.18. The smallest absolute Gasteiger partial charge is 0.0289 e. The van der Waals surface area contributed by atoms with E-state index >= 15 is 0 Å². The molecular weight excluding hydrogens is 230 g/mol. The molecule has 1 atom stereocenters. The molecule has 0 saturated carbocycles. The van der Waals surface area contributed by atoms with Crippen LogP contribution in [0.1, 0.15) is 36.1 Å². The Morgan fingerprint density at radius 2 is 1.58 bits per heavy atom. The molecule has 0 amide bonds.